The van der Waals surface area contributed by atoms with E-state index in [0.717, 1.165) is 11.3 Å². The van der Waals surface area contributed by atoms with Crippen molar-refractivity contribution < 1.29 is 9.59 Å². The maximum absolute atomic E-state index is 12.6. The molecule has 0 bridgehead atoms. The van der Waals surface area contributed by atoms with Crippen molar-refractivity contribution in [3.05, 3.63) is 60.2 Å². The van der Waals surface area contributed by atoms with Crippen molar-refractivity contribution >= 4 is 35.6 Å². The van der Waals surface area contributed by atoms with Gasteiger partial charge in [0.25, 0.3) is 0 Å². The molecule has 3 N–H and O–H groups in total. The number of hydrogen-bond acceptors (Lipinski definition) is 3. The standard InChI is InChI=1S/C22H29N3O2.ClH/c1-4-22(5-2,16-23)21(27)24-18-13-11-17(12-14-18)15-20(26)25(3)19-9-7-6-8-10-19;/h6-14H,4-5,15-16,23H2,1-3H3,(H,24,27);1H. The SMILES string of the molecule is CCC(CC)(CN)C(=O)Nc1ccc(CC(=O)N(C)c2ccccc2)cc1.Cl. The van der Waals surface area contributed by atoms with Gasteiger partial charge < -0.3 is 16.0 Å². The van der Waals surface area contributed by atoms with E-state index in [1.807, 2.05) is 68.4 Å². The molecule has 0 aliphatic carbocycles. The molecule has 0 heterocycles. The van der Waals surface area contributed by atoms with Crippen molar-refractivity contribution in [2.24, 2.45) is 11.1 Å². The summed E-state index contributed by atoms with van der Waals surface area (Å²) in [7, 11) is 1.77. The molecular formula is C22H30ClN3O2. The van der Waals surface area contributed by atoms with E-state index in [1.54, 1.807) is 11.9 Å². The molecule has 2 aromatic carbocycles. The zero-order valence-electron chi connectivity index (χ0n) is 16.8. The lowest BCUT2D eigenvalue weighted by atomic mass is 9.81. The maximum Gasteiger partial charge on any atom is 0.231 e. The number of carbonyl (C=O) groups is 2. The van der Waals surface area contributed by atoms with Gasteiger partial charge in [-0.3, -0.25) is 9.59 Å². The van der Waals surface area contributed by atoms with Crippen LogP contribution in [0, 0.1) is 5.41 Å². The lowest BCUT2D eigenvalue weighted by Crippen LogP contribution is -2.41. The molecule has 0 atom stereocenters. The van der Waals surface area contributed by atoms with Crippen molar-refractivity contribution in [2.75, 3.05) is 23.8 Å². The van der Waals surface area contributed by atoms with Crippen LogP contribution in [0.4, 0.5) is 11.4 Å². The van der Waals surface area contributed by atoms with E-state index in [1.165, 1.54) is 0 Å². The molecule has 2 amide bonds. The fourth-order valence-corrected chi connectivity index (χ4v) is 3.01. The first-order valence-corrected chi connectivity index (χ1v) is 9.37. The number of rotatable bonds is 8. The summed E-state index contributed by atoms with van der Waals surface area (Å²) in [6, 6.07) is 16.9. The normalized spacial score (nSPS) is 10.7. The molecular weight excluding hydrogens is 374 g/mol. The smallest absolute Gasteiger partial charge is 0.231 e. The third kappa shape index (κ3) is 5.57. The Labute approximate surface area is 173 Å². The summed E-state index contributed by atoms with van der Waals surface area (Å²) in [6.07, 6.45) is 1.70. The van der Waals surface area contributed by atoms with Gasteiger partial charge in [-0.2, -0.15) is 0 Å². The molecule has 0 aliphatic rings. The number of anilines is 2. The number of likely N-dealkylation sites (N-methyl/N-ethyl adjacent to an activating group) is 1. The quantitative estimate of drug-likeness (QED) is 0.699. The Kier molecular flexibility index (Phi) is 9.16. The molecule has 2 aromatic rings. The number of carbonyl (C=O) groups excluding carboxylic acids is 2. The van der Waals surface area contributed by atoms with Gasteiger partial charge in [0.1, 0.15) is 0 Å². The number of nitrogens with one attached hydrogen (secondary N) is 1. The molecule has 0 spiro atoms. The molecule has 0 saturated carbocycles. The van der Waals surface area contributed by atoms with E-state index >= 15 is 0 Å². The highest BCUT2D eigenvalue weighted by atomic mass is 35.5. The van der Waals surface area contributed by atoms with Crippen LogP contribution in [0.5, 0.6) is 0 Å². The molecule has 0 aromatic heterocycles. The van der Waals surface area contributed by atoms with Gasteiger partial charge in [0, 0.05) is 25.0 Å². The minimum Gasteiger partial charge on any atom is -0.329 e. The largest absolute Gasteiger partial charge is 0.329 e. The Morgan fingerprint density at radius 1 is 1.00 bits per heavy atom. The summed E-state index contributed by atoms with van der Waals surface area (Å²) in [5.74, 6) is -0.0419. The van der Waals surface area contributed by atoms with Gasteiger partial charge in [-0.25, -0.2) is 0 Å². The number of nitrogens with two attached hydrogens (primary N) is 1. The summed E-state index contributed by atoms with van der Waals surface area (Å²) in [5, 5.41) is 2.95. The molecule has 152 valence electrons. The van der Waals surface area contributed by atoms with Crippen LogP contribution in [0.25, 0.3) is 0 Å². The van der Waals surface area contributed by atoms with Crippen LogP contribution in [-0.4, -0.2) is 25.4 Å². The number of benzene rings is 2. The van der Waals surface area contributed by atoms with Crippen LogP contribution < -0.4 is 16.0 Å². The molecule has 0 unspecified atom stereocenters. The Bertz CT molecular complexity index is 751. The second kappa shape index (κ2) is 10.8. The van der Waals surface area contributed by atoms with Crippen molar-refractivity contribution in [2.45, 2.75) is 33.1 Å². The monoisotopic (exact) mass is 403 g/mol. The average molecular weight is 404 g/mol. The number of hydrogen-bond donors (Lipinski definition) is 2. The minimum atomic E-state index is -0.535. The van der Waals surface area contributed by atoms with E-state index in [2.05, 4.69) is 5.32 Å². The zero-order valence-corrected chi connectivity index (χ0v) is 17.6. The summed E-state index contributed by atoms with van der Waals surface area (Å²) in [5.41, 5.74) is 7.78. The fourth-order valence-electron chi connectivity index (χ4n) is 3.01. The summed E-state index contributed by atoms with van der Waals surface area (Å²) >= 11 is 0. The van der Waals surface area contributed by atoms with Gasteiger partial charge in [0.2, 0.25) is 11.8 Å². The van der Waals surface area contributed by atoms with Crippen LogP contribution in [0.15, 0.2) is 54.6 Å². The van der Waals surface area contributed by atoms with Crippen LogP contribution in [0.2, 0.25) is 0 Å². The van der Waals surface area contributed by atoms with Crippen LogP contribution in [0.1, 0.15) is 32.3 Å². The molecule has 2 rings (SSSR count). The van der Waals surface area contributed by atoms with Crippen LogP contribution in [-0.2, 0) is 16.0 Å². The molecule has 5 nitrogen and oxygen atoms in total. The van der Waals surface area contributed by atoms with E-state index in [4.69, 9.17) is 5.73 Å². The molecule has 0 aliphatic heterocycles. The Morgan fingerprint density at radius 3 is 2.07 bits per heavy atom. The lowest BCUT2D eigenvalue weighted by molar-refractivity contribution is -0.125. The Morgan fingerprint density at radius 2 is 1.57 bits per heavy atom. The third-order valence-electron chi connectivity index (χ3n) is 5.31. The third-order valence-corrected chi connectivity index (χ3v) is 5.31. The highest BCUT2D eigenvalue weighted by Crippen LogP contribution is 2.27. The van der Waals surface area contributed by atoms with E-state index in [9.17, 15) is 9.59 Å². The molecule has 6 heteroatoms. The fraction of sp³-hybridized carbons (Fsp3) is 0.364. The molecule has 0 radical (unpaired) electrons. The highest BCUT2D eigenvalue weighted by molar-refractivity contribution is 5.96. The van der Waals surface area contributed by atoms with Gasteiger partial charge in [-0.05, 0) is 42.7 Å². The predicted molar refractivity (Wildman–Crippen MR) is 118 cm³/mol. The molecule has 0 saturated heterocycles. The van der Waals surface area contributed by atoms with Crippen molar-refractivity contribution in [1.29, 1.82) is 0 Å². The van der Waals surface area contributed by atoms with Gasteiger partial charge in [-0.1, -0.05) is 44.2 Å². The predicted octanol–water partition coefficient (Wildman–Crippen LogP) is 4.02. The van der Waals surface area contributed by atoms with Crippen molar-refractivity contribution in [3.63, 3.8) is 0 Å². The van der Waals surface area contributed by atoms with Crippen molar-refractivity contribution in [1.82, 2.24) is 0 Å². The van der Waals surface area contributed by atoms with Gasteiger partial charge in [-0.15, -0.1) is 12.4 Å². The summed E-state index contributed by atoms with van der Waals surface area (Å²) in [6.45, 7) is 4.28. The summed E-state index contributed by atoms with van der Waals surface area (Å²) in [4.78, 5) is 26.7. The Balaban J connectivity index is 0.00000392. The van der Waals surface area contributed by atoms with Gasteiger partial charge >= 0.3 is 0 Å². The first-order valence-electron chi connectivity index (χ1n) is 9.37. The second-order valence-corrected chi connectivity index (χ2v) is 6.81. The van der Waals surface area contributed by atoms with Crippen LogP contribution in [0.3, 0.4) is 0 Å². The first kappa shape index (κ1) is 23.7. The zero-order chi connectivity index (χ0) is 19.9. The first-order chi connectivity index (χ1) is 13.0. The van der Waals surface area contributed by atoms with Gasteiger partial charge in [0.05, 0.1) is 11.8 Å². The molecule has 28 heavy (non-hydrogen) atoms. The number of halogens is 1. The van der Waals surface area contributed by atoms with Gasteiger partial charge in [0.15, 0.2) is 0 Å². The number of nitrogens with zero attached hydrogens (tertiary/aromatic N) is 1. The average Bonchev–Trinajstić information content (AvgIpc) is 2.71. The maximum atomic E-state index is 12.6. The van der Waals surface area contributed by atoms with E-state index in [0.29, 0.717) is 31.5 Å². The van der Waals surface area contributed by atoms with Crippen molar-refractivity contribution in [3.8, 4) is 0 Å². The summed E-state index contributed by atoms with van der Waals surface area (Å²) < 4.78 is 0. The molecule has 0 fully saturated rings. The number of para-hydroxylation sites is 1. The minimum absolute atomic E-state index is 0. The van der Waals surface area contributed by atoms with E-state index < -0.39 is 5.41 Å². The van der Waals surface area contributed by atoms with Crippen LogP contribution >= 0.6 is 12.4 Å². The highest BCUT2D eigenvalue weighted by Gasteiger charge is 2.33. The second-order valence-electron chi connectivity index (χ2n) is 6.81. The Hall–Kier alpha value is -2.37. The lowest BCUT2D eigenvalue weighted by Gasteiger charge is -2.28. The van der Waals surface area contributed by atoms with E-state index in [-0.39, 0.29) is 24.2 Å². The topological polar surface area (TPSA) is 75.4 Å². The number of amides is 2.